The summed E-state index contributed by atoms with van der Waals surface area (Å²) in [7, 11) is 0. The Morgan fingerprint density at radius 2 is 1.62 bits per heavy atom. The van der Waals surface area contributed by atoms with E-state index in [9.17, 15) is 30.0 Å². The van der Waals surface area contributed by atoms with E-state index in [4.69, 9.17) is 9.84 Å². The van der Waals surface area contributed by atoms with Crippen molar-refractivity contribution in [1.29, 1.82) is 0 Å². The fraction of sp³-hybridized carbons (Fsp3) is 0.375. The molecule has 0 heterocycles. The van der Waals surface area contributed by atoms with Gasteiger partial charge in [-0.3, -0.25) is 0 Å². The fourth-order valence-electron chi connectivity index (χ4n) is 2.53. The third-order valence-corrected chi connectivity index (χ3v) is 3.86. The van der Waals surface area contributed by atoms with E-state index >= 15 is 0 Å². The molecule has 0 radical (unpaired) electrons. The molecule has 5 N–H and O–H groups in total. The van der Waals surface area contributed by atoms with Gasteiger partial charge in [0.2, 0.25) is 5.60 Å². The molecule has 8 nitrogen and oxygen atoms in total. The van der Waals surface area contributed by atoms with E-state index in [1.165, 1.54) is 30.3 Å². The Morgan fingerprint density at radius 1 is 1.08 bits per heavy atom. The monoisotopic (exact) mass is 338 g/mol. The minimum Gasteiger partial charge on any atom is -0.508 e. The standard InChI is InChI=1S/C16H18O8/c17-10-4-1-9(2-5-10)3-6-13(20)24-16(15(22)23)7-11(18)14(21)12(19)8-16/h1-6,11-12,14,17-19,21H,7-8H2,(H,22,23). The molecule has 0 aliphatic heterocycles. The summed E-state index contributed by atoms with van der Waals surface area (Å²) in [5.41, 5.74) is -1.54. The lowest BCUT2D eigenvalue weighted by atomic mass is 9.79. The molecule has 2 atom stereocenters. The molecule has 24 heavy (non-hydrogen) atoms. The summed E-state index contributed by atoms with van der Waals surface area (Å²) >= 11 is 0. The van der Waals surface area contributed by atoms with Crippen molar-refractivity contribution in [3.05, 3.63) is 35.9 Å². The molecular formula is C16H18O8. The van der Waals surface area contributed by atoms with Crippen LogP contribution in [0.15, 0.2) is 30.3 Å². The van der Waals surface area contributed by atoms with E-state index in [2.05, 4.69) is 0 Å². The molecule has 0 bridgehead atoms. The van der Waals surface area contributed by atoms with Gasteiger partial charge in [-0.15, -0.1) is 0 Å². The zero-order valence-corrected chi connectivity index (χ0v) is 12.6. The third-order valence-electron chi connectivity index (χ3n) is 3.86. The van der Waals surface area contributed by atoms with Crippen LogP contribution in [-0.2, 0) is 14.3 Å². The molecular weight excluding hydrogens is 320 g/mol. The molecule has 1 aliphatic carbocycles. The number of aliphatic hydroxyl groups is 3. The second-order valence-electron chi connectivity index (χ2n) is 5.68. The first-order valence-electron chi connectivity index (χ1n) is 7.21. The van der Waals surface area contributed by atoms with Crippen molar-refractivity contribution in [2.45, 2.75) is 36.8 Å². The van der Waals surface area contributed by atoms with Crippen LogP contribution in [0.25, 0.3) is 6.08 Å². The average molecular weight is 338 g/mol. The normalized spacial score (nSPS) is 30.2. The summed E-state index contributed by atoms with van der Waals surface area (Å²) < 4.78 is 4.97. The number of rotatable bonds is 4. The number of aliphatic hydroxyl groups excluding tert-OH is 3. The molecule has 1 aliphatic rings. The van der Waals surface area contributed by atoms with Gasteiger partial charge < -0.3 is 30.3 Å². The Kier molecular flexibility index (Phi) is 5.23. The lowest BCUT2D eigenvalue weighted by Gasteiger charge is -2.39. The molecule has 0 aromatic heterocycles. The second-order valence-corrected chi connectivity index (χ2v) is 5.68. The zero-order valence-electron chi connectivity index (χ0n) is 12.6. The van der Waals surface area contributed by atoms with Gasteiger partial charge in [0, 0.05) is 18.9 Å². The van der Waals surface area contributed by atoms with Gasteiger partial charge in [-0.05, 0) is 23.8 Å². The molecule has 0 saturated heterocycles. The topological polar surface area (TPSA) is 145 Å². The van der Waals surface area contributed by atoms with Crippen molar-refractivity contribution in [1.82, 2.24) is 0 Å². The average Bonchev–Trinajstić information content (AvgIpc) is 2.52. The molecule has 2 rings (SSSR count). The Balaban J connectivity index is 2.11. The van der Waals surface area contributed by atoms with Crippen molar-refractivity contribution >= 4 is 18.0 Å². The number of aromatic hydroxyl groups is 1. The number of aliphatic carboxylic acids is 1. The van der Waals surface area contributed by atoms with Crippen LogP contribution in [0.5, 0.6) is 5.75 Å². The number of carboxylic acid groups (broad SMARTS) is 1. The number of benzene rings is 1. The summed E-state index contributed by atoms with van der Waals surface area (Å²) in [4.78, 5) is 23.4. The summed E-state index contributed by atoms with van der Waals surface area (Å²) in [5, 5.41) is 47.4. The Morgan fingerprint density at radius 3 is 2.12 bits per heavy atom. The van der Waals surface area contributed by atoms with Crippen LogP contribution < -0.4 is 0 Å². The highest BCUT2D eigenvalue weighted by Crippen LogP contribution is 2.33. The maximum Gasteiger partial charge on any atom is 0.348 e. The van der Waals surface area contributed by atoms with Crippen molar-refractivity contribution in [3.63, 3.8) is 0 Å². The van der Waals surface area contributed by atoms with E-state index in [-0.39, 0.29) is 5.75 Å². The van der Waals surface area contributed by atoms with Gasteiger partial charge >= 0.3 is 11.9 Å². The molecule has 1 saturated carbocycles. The van der Waals surface area contributed by atoms with Crippen LogP contribution in [-0.4, -0.2) is 61.4 Å². The molecule has 8 heteroatoms. The molecule has 1 aromatic carbocycles. The number of hydrogen-bond donors (Lipinski definition) is 5. The minimum atomic E-state index is -2.12. The largest absolute Gasteiger partial charge is 0.508 e. The van der Waals surface area contributed by atoms with Crippen LogP contribution in [0.1, 0.15) is 18.4 Å². The number of carbonyl (C=O) groups is 2. The summed E-state index contributed by atoms with van der Waals surface area (Å²) in [5.74, 6) is -2.43. The minimum absolute atomic E-state index is 0.0586. The fourth-order valence-corrected chi connectivity index (χ4v) is 2.53. The first-order valence-corrected chi connectivity index (χ1v) is 7.21. The maximum absolute atomic E-state index is 11.9. The van der Waals surface area contributed by atoms with Gasteiger partial charge in [-0.2, -0.15) is 0 Å². The molecule has 1 fully saturated rings. The van der Waals surface area contributed by atoms with E-state index < -0.39 is 48.7 Å². The van der Waals surface area contributed by atoms with Gasteiger partial charge in [-0.1, -0.05) is 12.1 Å². The van der Waals surface area contributed by atoms with Crippen molar-refractivity contribution in [2.24, 2.45) is 0 Å². The lowest BCUT2D eigenvalue weighted by Crippen LogP contribution is -2.57. The lowest BCUT2D eigenvalue weighted by molar-refractivity contribution is -0.201. The van der Waals surface area contributed by atoms with Crippen LogP contribution in [0.4, 0.5) is 0 Å². The number of phenols is 1. The number of carboxylic acids is 1. The van der Waals surface area contributed by atoms with E-state index in [1.54, 1.807) is 0 Å². The van der Waals surface area contributed by atoms with Crippen LogP contribution in [0, 0.1) is 0 Å². The predicted molar refractivity (Wildman–Crippen MR) is 80.9 cm³/mol. The predicted octanol–water partition coefficient (Wildman–Crippen LogP) is -0.352. The SMILES string of the molecule is O=C(C=Cc1ccc(O)cc1)OC1(C(=O)O)CC(O)C(O)C(O)C1. The summed E-state index contributed by atoms with van der Waals surface area (Å²) in [6.45, 7) is 0. The molecule has 1 aromatic rings. The molecule has 2 unspecified atom stereocenters. The van der Waals surface area contributed by atoms with Gasteiger partial charge in [0.05, 0.1) is 12.2 Å². The number of phenolic OH excluding ortho intramolecular Hbond substituents is 1. The van der Waals surface area contributed by atoms with Crippen LogP contribution in [0.3, 0.4) is 0 Å². The molecule has 130 valence electrons. The van der Waals surface area contributed by atoms with Gasteiger partial charge in [0.15, 0.2) is 0 Å². The van der Waals surface area contributed by atoms with Gasteiger partial charge in [-0.25, -0.2) is 9.59 Å². The third kappa shape index (κ3) is 3.91. The Hall–Kier alpha value is -2.42. The van der Waals surface area contributed by atoms with Crippen LogP contribution in [0.2, 0.25) is 0 Å². The Labute approximate surface area is 137 Å². The van der Waals surface area contributed by atoms with Crippen molar-refractivity contribution in [3.8, 4) is 5.75 Å². The number of ether oxygens (including phenoxy) is 1. The number of carbonyl (C=O) groups excluding carboxylic acids is 1. The first-order chi connectivity index (χ1) is 11.2. The van der Waals surface area contributed by atoms with E-state index in [0.717, 1.165) is 6.08 Å². The second kappa shape index (κ2) is 7.00. The van der Waals surface area contributed by atoms with Crippen LogP contribution >= 0.6 is 0 Å². The van der Waals surface area contributed by atoms with Crippen molar-refractivity contribution < 1.29 is 39.9 Å². The van der Waals surface area contributed by atoms with Gasteiger partial charge in [0.25, 0.3) is 0 Å². The maximum atomic E-state index is 11.9. The van der Waals surface area contributed by atoms with Crippen molar-refractivity contribution in [2.75, 3.05) is 0 Å². The van der Waals surface area contributed by atoms with E-state index in [1.807, 2.05) is 0 Å². The van der Waals surface area contributed by atoms with E-state index in [0.29, 0.717) is 5.56 Å². The number of esters is 1. The summed E-state index contributed by atoms with van der Waals surface area (Å²) in [6.07, 6.45) is -3.25. The molecule has 0 spiro atoms. The highest BCUT2D eigenvalue weighted by atomic mass is 16.6. The Bertz CT molecular complexity index is 624. The zero-order chi connectivity index (χ0) is 17.9. The molecule has 0 amide bonds. The number of hydrogen-bond acceptors (Lipinski definition) is 7. The summed E-state index contributed by atoms with van der Waals surface area (Å²) in [6, 6.07) is 5.91. The smallest absolute Gasteiger partial charge is 0.348 e. The highest BCUT2D eigenvalue weighted by molar-refractivity contribution is 5.90. The van der Waals surface area contributed by atoms with Gasteiger partial charge in [0.1, 0.15) is 11.9 Å². The highest BCUT2D eigenvalue weighted by Gasteiger charge is 2.52. The quantitative estimate of drug-likeness (QED) is 0.370. The first kappa shape index (κ1) is 17.9.